The van der Waals surface area contributed by atoms with E-state index in [0.29, 0.717) is 5.69 Å². The summed E-state index contributed by atoms with van der Waals surface area (Å²) in [6.07, 6.45) is 0. The van der Waals surface area contributed by atoms with Crippen LogP contribution in [0.4, 0.5) is 10.5 Å². The molecule has 0 radical (unpaired) electrons. The quantitative estimate of drug-likeness (QED) is 0.804. The molecule has 1 heterocycles. The van der Waals surface area contributed by atoms with Crippen molar-refractivity contribution in [1.82, 2.24) is 10.2 Å². The normalized spacial score (nSPS) is 18.4. The Kier molecular flexibility index (Phi) is 3.88. The lowest BCUT2D eigenvalue weighted by Gasteiger charge is -2.35. The van der Waals surface area contributed by atoms with Gasteiger partial charge in [-0.05, 0) is 12.1 Å². The molecule has 1 aliphatic heterocycles. The van der Waals surface area contributed by atoms with Gasteiger partial charge in [0.2, 0.25) is 5.91 Å². The number of nitrogens with zero attached hydrogens (tertiary/aromatic N) is 2. The second-order valence-electron chi connectivity index (χ2n) is 4.46. The van der Waals surface area contributed by atoms with Gasteiger partial charge in [0.15, 0.2) is 0 Å². The van der Waals surface area contributed by atoms with Crippen LogP contribution in [0.1, 0.15) is 0 Å². The predicted molar refractivity (Wildman–Crippen MR) is 71.4 cm³/mol. The topological polar surface area (TPSA) is 90.0 Å². The van der Waals surface area contributed by atoms with Crippen molar-refractivity contribution in [3.05, 3.63) is 30.3 Å². The first-order chi connectivity index (χ1) is 9.50. The first-order valence-electron chi connectivity index (χ1n) is 6.09. The fraction of sp³-hybridized carbons (Fsp3) is 0.308. The van der Waals surface area contributed by atoms with Crippen molar-refractivity contribution >= 4 is 23.6 Å². The van der Waals surface area contributed by atoms with Crippen LogP contribution in [-0.2, 0) is 9.59 Å². The molecule has 106 valence electrons. The number of hydrogen-bond acceptors (Lipinski definition) is 3. The van der Waals surface area contributed by atoms with Gasteiger partial charge in [-0.2, -0.15) is 0 Å². The molecule has 2 N–H and O–H groups in total. The maximum absolute atomic E-state index is 12.4. The van der Waals surface area contributed by atoms with E-state index in [4.69, 9.17) is 5.11 Å². The number of aliphatic carboxylic acids is 1. The molecule has 0 aliphatic carbocycles. The number of carboxylic acid groups (broad SMARTS) is 1. The van der Waals surface area contributed by atoms with Crippen LogP contribution < -0.4 is 10.2 Å². The number of amides is 3. The number of piperazine rings is 1. The second kappa shape index (κ2) is 5.60. The number of benzene rings is 1. The second-order valence-corrected chi connectivity index (χ2v) is 4.46. The molecule has 1 aliphatic rings. The molecule has 20 heavy (non-hydrogen) atoms. The van der Waals surface area contributed by atoms with Crippen LogP contribution in [0, 0.1) is 0 Å². The number of carboxylic acids is 1. The van der Waals surface area contributed by atoms with E-state index in [1.807, 2.05) is 6.07 Å². The van der Waals surface area contributed by atoms with Crippen molar-refractivity contribution in [2.45, 2.75) is 6.04 Å². The first-order valence-corrected chi connectivity index (χ1v) is 6.09. The van der Waals surface area contributed by atoms with E-state index in [2.05, 4.69) is 5.32 Å². The highest BCUT2D eigenvalue weighted by atomic mass is 16.4. The van der Waals surface area contributed by atoms with Gasteiger partial charge < -0.3 is 10.4 Å². The van der Waals surface area contributed by atoms with Gasteiger partial charge in [-0.15, -0.1) is 0 Å². The van der Waals surface area contributed by atoms with Gasteiger partial charge in [0.1, 0.15) is 12.6 Å². The first kappa shape index (κ1) is 13.9. The third-order valence-corrected chi connectivity index (χ3v) is 3.14. The van der Waals surface area contributed by atoms with Crippen LogP contribution in [-0.4, -0.2) is 54.1 Å². The molecule has 1 atom stereocenters. The lowest BCUT2D eigenvalue weighted by atomic mass is 10.2. The highest BCUT2D eigenvalue weighted by Gasteiger charge is 2.36. The fourth-order valence-corrected chi connectivity index (χ4v) is 2.02. The Morgan fingerprint density at radius 2 is 2.00 bits per heavy atom. The number of nitrogens with one attached hydrogen (secondary N) is 1. The molecule has 1 aromatic rings. The summed E-state index contributed by atoms with van der Waals surface area (Å²) in [6.45, 7) is -0.338. The number of hydrogen-bond donors (Lipinski definition) is 2. The monoisotopic (exact) mass is 277 g/mol. The van der Waals surface area contributed by atoms with E-state index in [1.54, 1.807) is 31.3 Å². The Hall–Kier alpha value is -2.57. The van der Waals surface area contributed by atoms with Crippen molar-refractivity contribution < 1.29 is 19.5 Å². The van der Waals surface area contributed by atoms with Crippen molar-refractivity contribution in [2.75, 3.05) is 25.0 Å². The number of carbonyl (C=O) groups is 3. The zero-order valence-corrected chi connectivity index (χ0v) is 10.9. The summed E-state index contributed by atoms with van der Waals surface area (Å²) in [5, 5.41) is 11.6. The average molecular weight is 277 g/mol. The van der Waals surface area contributed by atoms with E-state index in [-0.39, 0.29) is 19.0 Å². The minimum absolute atomic E-state index is 0.0808. The minimum atomic E-state index is -1.14. The number of para-hydroxylation sites is 1. The molecule has 0 spiro atoms. The SMILES string of the molecule is CN(C(=O)N1CC(=O)NCC1C(=O)O)c1ccccc1. The Labute approximate surface area is 115 Å². The van der Waals surface area contributed by atoms with Crippen LogP contribution in [0.3, 0.4) is 0 Å². The van der Waals surface area contributed by atoms with Crippen LogP contribution in [0.5, 0.6) is 0 Å². The minimum Gasteiger partial charge on any atom is -0.480 e. The van der Waals surface area contributed by atoms with Crippen LogP contribution in [0.2, 0.25) is 0 Å². The van der Waals surface area contributed by atoms with Crippen molar-refractivity contribution in [3.63, 3.8) is 0 Å². The van der Waals surface area contributed by atoms with E-state index in [0.717, 1.165) is 4.90 Å². The van der Waals surface area contributed by atoms with Gasteiger partial charge in [-0.25, -0.2) is 9.59 Å². The van der Waals surface area contributed by atoms with E-state index < -0.39 is 18.0 Å². The number of carbonyl (C=O) groups excluding carboxylic acids is 2. The molecule has 1 fully saturated rings. The summed E-state index contributed by atoms with van der Waals surface area (Å²) in [6, 6.07) is 7.27. The third kappa shape index (κ3) is 2.71. The van der Waals surface area contributed by atoms with E-state index >= 15 is 0 Å². The maximum atomic E-state index is 12.4. The van der Waals surface area contributed by atoms with Gasteiger partial charge in [0.05, 0.1) is 0 Å². The lowest BCUT2D eigenvalue weighted by Crippen LogP contribution is -2.61. The Balaban J connectivity index is 2.21. The molecular weight excluding hydrogens is 262 g/mol. The molecule has 1 unspecified atom stereocenters. The van der Waals surface area contributed by atoms with Crippen LogP contribution >= 0.6 is 0 Å². The molecule has 7 heteroatoms. The van der Waals surface area contributed by atoms with Gasteiger partial charge in [-0.3, -0.25) is 14.6 Å². The van der Waals surface area contributed by atoms with Crippen LogP contribution in [0.15, 0.2) is 30.3 Å². The van der Waals surface area contributed by atoms with E-state index in [9.17, 15) is 14.4 Å². The molecule has 1 aromatic carbocycles. The summed E-state index contributed by atoms with van der Waals surface area (Å²) in [5.41, 5.74) is 0.632. The summed E-state index contributed by atoms with van der Waals surface area (Å²) in [7, 11) is 1.54. The molecule has 1 saturated heterocycles. The number of urea groups is 1. The zero-order chi connectivity index (χ0) is 14.7. The average Bonchev–Trinajstić information content (AvgIpc) is 2.46. The third-order valence-electron chi connectivity index (χ3n) is 3.14. The van der Waals surface area contributed by atoms with Gasteiger partial charge in [-0.1, -0.05) is 18.2 Å². The molecule has 3 amide bonds. The molecule has 7 nitrogen and oxygen atoms in total. The van der Waals surface area contributed by atoms with Gasteiger partial charge in [0, 0.05) is 19.3 Å². The highest BCUT2D eigenvalue weighted by Crippen LogP contribution is 2.15. The largest absolute Gasteiger partial charge is 0.480 e. The summed E-state index contributed by atoms with van der Waals surface area (Å²) < 4.78 is 0. The van der Waals surface area contributed by atoms with Crippen molar-refractivity contribution in [2.24, 2.45) is 0 Å². The Bertz CT molecular complexity index is 532. The number of anilines is 1. The Morgan fingerprint density at radius 1 is 1.35 bits per heavy atom. The molecule has 0 bridgehead atoms. The highest BCUT2D eigenvalue weighted by molar-refractivity contribution is 5.97. The van der Waals surface area contributed by atoms with Crippen molar-refractivity contribution in [1.29, 1.82) is 0 Å². The molecule has 2 rings (SSSR count). The zero-order valence-electron chi connectivity index (χ0n) is 10.9. The van der Waals surface area contributed by atoms with E-state index in [1.165, 1.54) is 4.90 Å². The molecule has 0 aromatic heterocycles. The standard InChI is InChI=1S/C13H15N3O4/c1-15(9-5-3-2-4-6-9)13(20)16-8-11(17)14-7-10(16)12(18)19/h2-6,10H,7-8H2,1H3,(H,14,17)(H,18,19). The van der Waals surface area contributed by atoms with Gasteiger partial charge in [0.25, 0.3) is 0 Å². The number of rotatable bonds is 2. The van der Waals surface area contributed by atoms with Crippen molar-refractivity contribution in [3.8, 4) is 0 Å². The summed E-state index contributed by atoms with van der Waals surface area (Å²) in [4.78, 5) is 37.3. The smallest absolute Gasteiger partial charge is 0.328 e. The maximum Gasteiger partial charge on any atom is 0.328 e. The molecule has 0 saturated carbocycles. The fourth-order valence-electron chi connectivity index (χ4n) is 2.02. The molecular formula is C13H15N3O4. The summed E-state index contributed by atoms with van der Waals surface area (Å²) in [5.74, 6) is -1.50. The summed E-state index contributed by atoms with van der Waals surface area (Å²) >= 11 is 0. The lowest BCUT2D eigenvalue weighted by molar-refractivity contribution is -0.144. The van der Waals surface area contributed by atoms with Crippen LogP contribution in [0.25, 0.3) is 0 Å². The van der Waals surface area contributed by atoms with Gasteiger partial charge >= 0.3 is 12.0 Å². The predicted octanol–water partition coefficient (Wildman–Crippen LogP) is 0.128. The Morgan fingerprint density at radius 3 is 2.60 bits per heavy atom.